The van der Waals surface area contributed by atoms with Gasteiger partial charge < -0.3 is 13.7 Å². The number of fused-ring (bicyclic) bond motifs is 9. The molecule has 7 nitrogen and oxygen atoms in total. The first-order valence-corrected chi connectivity index (χ1v) is 31.5. The van der Waals surface area contributed by atoms with Gasteiger partial charge in [0.25, 0.3) is 0 Å². The Morgan fingerprint density at radius 2 is 0.576 bits per heavy atom. The molecule has 12 aromatic carbocycles. The van der Waals surface area contributed by atoms with Crippen LogP contribution in [0.1, 0.15) is 27.8 Å². The highest BCUT2D eigenvalue weighted by atomic mass is 15.0. The molecule has 0 N–H and O–H groups in total. The molecule has 92 heavy (non-hydrogen) atoms. The van der Waals surface area contributed by atoms with E-state index in [1.54, 1.807) is 0 Å². The van der Waals surface area contributed by atoms with Crippen molar-refractivity contribution in [1.82, 2.24) is 33.6 Å². The maximum Gasteiger partial charge on any atom is 0.164 e. The maximum atomic E-state index is 5.91. The minimum absolute atomic E-state index is 0.568. The van der Waals surface area contributed by atoms with Gasteiger partial charge in [0, 0.05) is 82.8 Å². The van der Waals surface area contributed by atoms with Crippen molar-refractivity contribution >= 4 is 65.4 Å². The quantitative estimate of drug-likeness (QED) is 0.137. The summed E-state index contributed by atoms with van der Waals surface area (Å²) in [5, 5.41) is 7.44. The van der Waals surface area contributed by atoms with Crippen molar-refractivity contribution in [2.45, 2.75) is 34.6 Å². The predicted molar refractivity (Wildman–Crippen MR) is 382 cm³/mol. The van der Waals surface area contributed by atoms with E-state index in [0.717, 1.165) is 89.6 Å². The highest BCUT2D eigenvalue weighted by molar-refractivity contribution is 6.12. The minimum Gasteiger partial charge on any atom is -0.309 e. The van der Waals surface area contributed by atoms with Gasteiger partial charge in [0.05, 0.1) is 44.5 Å². The molecule has 0 fully saturated rings. The van der Waals surface area contributed by atoms with E-state index >= 15 is 0 Å². The van der Waals surface area contributed by atoms with Crippen molar-refractivity contribution in [3.63, 3.8) is 0 Å². The third kappa shape index (κ3) is 9.19. The number of hydrogen-bond acceptors (Lipinski definition) is 4. The monoisotopic (exact) mass is 1180 g/mol. The van der Waals surface area contributed by atoms with Crippen LogP contribution in [0.15, 0.2) is 279 Å². The van der Waals surface area contributed by atoms with Gasteiger partial charge in [-0.3, -0.25) is 0 Å². The molecule has 0 saturated carbocycles. The van der Waals surface area contributed by atoms with Gasteiger partial charge in [0.2, 0.25) is 0 Å². The summed E-state index contributed by atoms with van der Waals surface area (Å²) >= 11 is 0. The zero-order chi connectivity index (χ0) is 61.7. The van der Waals surface area contributed by atoms with E-state index < -0.39 is 0 Å². The molecule has 5 heterocycles. The Balaban J connectivity index is 0.917. The fourth-order valence-electron chi connectivity index (χ4n) is 14.0. The molecule has 17 rings (SSSR count). The minimum atomic E-state index is 0.568. The van der Waals surface area contributed by atoms with Crippen LogP contribution in [0.3, 0.4) is 0 Å². The van der Waals surface area contributed by atoms with Gasteiger partial charge in [0.1, 0.15) is 0 Å². The van der Waals surface area contributed by atoms with E-state index in [4.69, 9.17) is 19.9 Å². The standard InChI is InChI=1S/C85H61N7/c1-52-24-41-76-68(46-52)66-21-14-15-23-75(66)90(76)63-37-31-58(32-38-63)81-73(65-20-12-13-22-67(65)85-88-83(60-16-8-6-9-17-60)87-84(89-85)61-18-10-7-11-19-61)51-74(57-29-35-62(36-30-57)91-77-42-25-53(2)47-69(77)70-48-54(3)26-43-78(70)91)86-82(81)59-33-39-64(40-34-59)92-79-44-27-55(4)49-71(79)72-50-56(5)28-45-80(72)92/h6-51H,1-5H3. The van der Waals surface area contributed by atoms with Crippen LogP contribution in [0, 0.1) is 34.6 Å². The number of aryl methyl sites for hydroxylation is 5. The summed E-state index contributed by atoms with van der Waals surface area (Å²) in [6, 6.07) is 101. The lowest BCUT2D eigenvalue weighted by Gasteiger charge is -2.21. The molecule has 0 aliphatic heterocycles. The highest BCUT2D eigenvalue weighted by Crippen LogP contribution is 2.46. The highest BCUT2D eigenvalue weighted by Gasteiger charge is 2.25. The number of aromatic nitrogens is 7. The van der Waals surface area contributed by atoms with Gasteiger partial charge in [-0.25, -0.2) is 19.9 Å². The average molecular weight is 1180 g/mol. The van der Waals surface area contributed by atoms with Crippen LogP contribution in [0.2, 0.25) is 0 Å². The molecule has 0 amide bonds. The molecule has 436 valence electrons. The first kappa shape index (κ1) is 54.4. The molecule has 0 aliphatic carbocycles. The van der Waals surface area contributed by atoms with Crippen LogP contribution in [-0.4, -0.2) is 33.6 Å². The molecule has 0 radical (unpaired) electrons. The van der Waals surface area contributed by atoms with E-state index in [0.29, 0.717) is 17.5 Å². The first-order chi connectivity index (χ1) is 45.1. The summed E-state index contributed by atoms with van der Waals surface area (Å²) < 4.78 is 7.19. The van der Waals surface area contributed by atoms with Gasteiger partial charge in [-0.1, -0.05) is 198 Å². The fourth-order valence-corrected chi connectivity index (χ4v) is 14.0. The van der Waals surface area contributed by atoms with E-state index in [1.165, 1.54) is 82.2 Å². The Morgan fingerprint density at radius 1 is 0.228 bits per heavy atom. The maximum absolute atomic E-state index is 5.91. The van der Waals surface area contributed by atoms with Crippen molar-refractivity contribution in [3.8, 4) is 96.0 Å². The number of rotatable bonds is 10. The summed E-state index contributed by atoms with van der Waals surface area (Å²) in [5.74, 6) is 1.76. The number of nitrogens with zero attached hydrogens (tertiary/aromatic N) is 7. The molecule has 5 aromatic heterocycles. The molecule has 0 aliphatic rings. The third-order valence-corrected chi connectivity index (χ3v) is 18.4. The van der Waals surface area contributed by atoms with E-state index in [1.807, 2.05) is 36.4 Å². The Bertz CT molecular complexity index is 5600. The van der Waals surface area contributed by atoms with Crippen molar-refractivity contribution < 1.29 is 0 Å². The second-order valence-electron chi connectivity index (χ2n) is 24.6. The lowest BCUT2D eigenvalue weighted by atomic mass is 9.87. The van der Waals surface area contributed by atoms with E-state index in [9.17, 15) is 0 Å². The van der Waals surface area contributed by atoms with Gasteiger partial charge in [-0.05, 0) is 161 Å². The number of hydrogen-bond donors (Lipinski definition) is 0. The Morgan fingerprint density at radius 3 is 1.02 bits per heavy atom. The normalized spacial score (nSPS) is 11.8. The number of benzene rings is 12. The topological polar surface area (TPSA) is 66.3 Å². The van der Waals surface area contributed by atoms with Crippen molar-refractivity contribution in [3.05, 3.63) is 307 Å². The molecule has 0 bridgehead atoms. The van der Waals surface area contributed by atoms with Crippen LogP contribution in [0.4, 0.5) is 0 Å². The molecule has 0 spiro atoms. The van der Waals surface area contributed by atoms with Crippen molar-refractivity contribution in [2.24, 2.45) is 0 Å². The van der Waals surface area contributed by atoms with E-state index in [2.05, 4.69) is 291 Å². The van der Waals surface area contributed by atoms with Crippen LogP contribution in [0.25, 0.3) is 161 Å². The van der Waals surface area contributed by atoms with Gasteiger partial charge in [-0.15, -0.1) is 0 Å². The largest absolute Gasteiger partial charge is 0.309 e. The zero-order valence-electron chi connectivity index (χ0n) is 51.7. The average Bonchev–Trinajstić information content (AvgIpc) is 1.49. The summed E-state index contributed by atoms with van der Waals surface area (Å²) in [6.07, 6.45) is 0. The first-order valence-electron chi connectivity index (χ1n) is 31.5. The smallest absolute Gasteiger partial charge is 0.164 e. The molecule has 0 saturated heterocycles. The SMILES string of the molecule is Cc1ccc2c(c1)c1ccccc1n2-c1ccc(-c2c(-c3ccccc3-c3nc(-c4ccccc4)nc(-c4ccccc4)n3)cc(-c3ccc(-n4c5ccc(C)cc5c5cc(C)ccc54)cc3)nc2-c2ccc(-n3c4ccc(C)cc4c4cc(C)ccc43)cc2)cc1. The Kier molecular flexibility index (Phi) is 12.9. The molecule has 7 heteroatoms. The van der Waals surface area contributed by atoms with Crippen molar-refractivity contribution in [2.75, 3.05) is 0 Å². The number of para-hydroxylation sites is 1. The summed E-state index contributed by atoms with van der Waals surface area (Å²) in [6.45, 7) is 10.9. The summed E-state index contributed by atoms with van der Waals surface area (Å²) in [5.41, 5.74) is 26.6. The Labute approximate surface area is 533 Å². The second-order valence-corrected chi connectivity index (χ2v) is 24.6. The summed E-state index contributed by atoms with van der Waals surface area (Å²) in [7, 11) is 0. The van der Waals surface area contributed by atoms with Crippen LogP contribution in [0.5, 0.6) is 0 Å². The fraction of sp³-hybridized carbons (Fsp3) is 0.0588. The van der Waals surface area contributed by atoms with Crippen LogP contribution >= 0.6 is 0 Å². The molecule has 0 unspecified atom stereocenters. The summed E-state index contributed by atoms with van der Waals surface area (Å²) in [4.78, 5) is 21.8. The lowest BCUT2D eigenvalue weighted by Crippen LogP contribution is -2.02. The van der Waals surface area contributed by atoms with Crippen molar-refractivity contribution in [1.29, 1.82) is 0 Å². The molecule has 0 atom stereocenters. The lowest BCUT2D eigenvalue weighted by molar-refractivity contribution is 1.07. The zero-order valence-corrected chi connectivity index (χ0v) is 51.7. The Hall–Kier alpha value is -11.8. The van der Waals surface area contributed by atoms with Gasteiger partial charge >= 0.3 is 0 Å². The predicted octanol–water partition coefficient (Wildman–Crippen LogP) is 21.8. The molecule has 17 aromatic rings. The van der Waals surface area contributed by atoms with Crippen LogP contribution < -0.4 is 0 Å². The van der Waals surface area contributed by atoms with Gasteiger partial charge in [-0.2, -0.15) is 0 Å². The number of pyridine rings is 1. The van der Waals surface area contributed by atoms with Crippen LogP contribution in [-0.2, 0) is 0 Å². The molecular formula is C85H61N7. The second kappa shape index (κ2) is 21.8. The molecular weight excluding hydrogens is 1120 g/mol. The van der Waals surface area contributed by atoms with E-state index in [-0.39, 0.29) is 0 Å². The van der Waals surface area contributed by atoms with Gasteiger partial charge in [0.15, 0.2) is 17.5 Å². The third-order valence-electron chi connectivity index (χ3n) is 18.4.